The number of rotatable bonds is 5. The molecular formula is C23H26N6O. The molecule has 0 fully saturated rings. The Labute approximate surface area is 175 Å². The number of hydrogen-bond acceptors (Lipinski definition) is 4. The van der Waals surface area contributed by atoms with Crippen molar-refractivity contribution >= 4 is 28.6 Å². The fraction of sp³-hybridized carbons (Fsp3) is 0.261. The highest BCUT2D eigenvalue weighted by molar-refractivity contribution is 6.04. The van der Waals surface area contributed by atoms with Gasteiger partial charge in [0.05, 0.1) is 29.6 Å². The van der Waals surface area contributed by atoms with Crippen LogP contribution in [0.1, 0.15) is 36.8 Å². The number of aryl methyl sites for hydroxylation is 1. The lowest BCUT2D eigenvalue weighted by Crippen LogP contribution is -2.26. The predicted molar refractivity (Wildman–Crippen MR) is 120 cm³/mol. The number of hydrogen-bond donors (Lipinski definition) is 2. The highest BCUT2D eigenvalue weighted by atomic mass is 16.1. The topological polar surface area (TPSA) is 76.8 Å². The van der Waals surface area contributed by atoms with Crippen molar-refractivity contribution in [2.75, 3.05) is 10.6 Å². The number of benzene rings is 2. The lowest BCUT2D eigenvalue weighted by Gasteiger charge is -2.24. The minimum Gasteiger partial charge on any atom is -0.379 e. The molecule has 2 aromatic carbocycles. The van der Waals surface area contributed by atoms with E-state index in [-0.39, 0.29) is 11.4 Å². The number of carbonyl (C=O) groups is 1. The van der Waals surface area contributed by atoms with Crippen molar-refractivity contribution < 1.29 is 4.79 Å². The van der Waals surface area contributed by atoms with Crippen LogP contribution in [0.2, 0.25) is 0 Å². The van der Waals surface area contributed by atoms with Crippen LogP contribution in [0, 0.1) is 0 Å². The van der Waals surface area contributed by atoms with E-state index in [1.807, 2.05) is 60.3 Å². The standard InChI is InChI=1S/C23H26N6O/c1-23(2,3)29-20-11-6-5-10-19(20)26-22(29)27-21(30)16-8-7-9-17(12-16)25-14-18-13-24-15-28(18)4/h5-13,15,25H,14H2,1-4H3,(H,26,27,30). The molecule has 2 heterocycles. The molecule has 4 aromatic rings. The normalized spacial score (nSPS) is 11.6. The van der Waals surface area contributed by atoms with Crippen molar-refractivity contribution in [3.05, 3.63) is 72.3 Å². The maximum Gasteiger partial charge on any atom is 0.258 e. The highest BCUT2D eigenvalue weighted by Gasteiger charge is 2.23. The number of amides is 1. The zero-order valence-corrected chi connectivity index (χ0v) is 17.7. The highest BCUT2D eigenvalue weighted by Crippen LogP contribution is 2.28. The Kier molecular flexibility index (Phi) is 5.03. The van der Waals surface area contributed by atoms with E-state index in [1.54, 1.807) is 12.4 Å². The second-order valence-corrected chi connectivity index (χ2v) is 8.31. The molecule has 0 aliphatic heterocycles. The van der Waals surface area contributed by atoms with Gasteiger partial charge in [0.2, 0.25) is 5.95 Å². The molecule has 0 spiro atoms. The van der Waals surface area contributed by atoms with Gasteiger partial charge < -0.3 is 14.5 Å². The van der Waals surface area contributed by atoms with Crippen LogP contribution in [0.25, 0.3) is 11.0 Å². The molecule has 4 rings (SSSR count). The number of imidazole rings is 2. The Bertz CT molecular complexity index is 1200. The number of para-hydroxylation sites is 2. The van der Waals surface area contributed by atoms with E-state index in [2.05, 4.69) is 45.9 Å². The minimum atomic E-state index is -0.231. The fourth-order valence-electron chi connectivity index (χ4n) is 3.48. The number of fused-ring (bicyclic) bond motifs is 1. The SMILES string of the molecule is Cn1cncc1CNc1cccc(C(=O)Nc2nc3ccccc3n2C(C)(C)C)c1. The summed E-state index contributed by atoms with van der Waals surface area (Å²) in [5.74, 6) is 0.349. The molecule has 154 valence electrons. The van der Waals surface area contributed by atoms with Crippen LogP contribution in [-0.4, -0.2) is 25.0 Å². The van der Waals surface area contributed by atoms with Gasteiger partial charge in [0.25, 0.3) is 5.91 Å². The fourth-order valence-corrected chi connectivity index (χ4v) is 3.48. The molecular weight excluding hydrogens is 376 g/mol. The van der Waals surface area contributed by atoms with E-state index < -0.39 is 0 Å². The van der Waals surface area contributed by atoms with Crippen LogP contribution in [0.5, 0.6) is 0 Å². The number of aromatic nitrogens is 4. The molecule has 0 radical (unpaired) electrons. The summed E-state index contributed by atoms with van der Waals surface area (Å²) in [5, 5.41) is 6.34. The summed E-state index contributed by atoms with van der Waals surface area (Å²) in [6.45, 7) is 6.92. The second kappa shape index (κ2) is 7.67. The van der Waals surface area contributed by atoms with E-state index in [1.165, 1.54) is 0 Å². The molecule has 30 heavy (non-hydrogen) atoms. The van der Waals surface area contributed by atoms with Crippen molar-refractivity contribution in [1.82, 2.24) is 19.1 Å². The number of nitrogens with one attached hydrogen (secondary N) is 2. The molecule has 0 unspecified atom stereocenters. The van der Waals surface area contributed by atoms with E-state index in [0.29, 0.717) is 18.1 Å². The van der Waals surface area contributed by atoms with Gasteiger partial charge in [0, 0.05) is 30.0 Å². The molecule has 2 aromatic heterocycles. The third kappa shape index (κ3) is 3.91. The summed E-state index contributed by atoms with van der Waals surface area (Å²) < 4.78 is 4.02. The smallest absolute Gasteiger partial charge is 0.258 e. The molecule has 7 nitrogen and oxygen atoms in total. The van der Waals surface area contributed by atoms with E-state index in [4.69, 9.17) is 0 Å². The Balaban J connectivity index is 1.57. The lowest BCUT2D eigenvalue weighted by molar-refractivity contribution is 0.102. The van der Waals surface area contributed by atoms with E-state index in [0.717, 1.165) is 22.4 Å². The van der Waals surface area contributed by atoms with Crippen molar-refractivity contribution in [1.29, 1.82) is 0 Å². The summed E-state index contributed by atoms with van der Waals surface area (Å²) in [7, 11) is 1.95. The molecule has 0 saturated carbocycles. The van der Waals surface area contributed by atoms with Gasteiger partial charge in [-0.25, -0.2) is 9.97 Å². The first kappa shape index (κ1) is 19.7. The maximum atomic E-state index is 13.0. The number of carbonyl (C=O) groups excluding carboxylic acids is 1. The molecule has 1 amide bonds. The van der Waals surface area contributed by atoms with E-state index in [9.17, 15) is 4.79 Å². The lowest BCUT2D eigenvalue weighted by atomic mass is 10.1. The van der Waals surface area contributed by atoms with Gasteiger partial charge in [-0.1, -0.05) is 18.2 Å². The number of anilines is 2. The minimum absolute atomic E-state index is 0.194. The van der Waals surface area contributed by atoms with Gasteiger partial charge in [-0.3, -0.25) is 10.1 Å². The second-order valence-electron chi connectivity index (χ2n) is 8.31. The molecule has 2 N–H and O–H groups in total. The van der Waals surface area contributed by atoms with Gasteiger partial charge in [-0.15, -0.1) is 0 Å². The van der Waals surface area contributed by atoms with Crippen molar-refractivity contribution in [3.8, 4) is 0 Å². The molecule has 7 heteroatoms. The average molecular weight is 403 g/mol. The number of nitrogens with zero attached hydrogens (tertiary/aromatic N) is 4. The van der Waals surface area contributed by atoms with Gasteiger partial charge in [-0.2, -0.15) is 0 Å². The van der Waals surface area contributed by atoms with Crippen molar-refractivity contribution in [2.45, 2.75) is 32.9 Å². The van der Waals surface area contributed by atoms with E-state index >= 15 is 0 Å². The van der Waals surface area contributed by atoms with Crippen LogP contribution >= 0.6 is 0 Å². The summed E-state index contributed by atoms with van der Waals surface area (Å²) in [5.41, 5.74) is 4.11. The molecule has 0 aliphatic carbocycles. The third-order valence-electron chi connectivity index (χ3n) is 4.97. The zero-order valence-electron chi connectivity index (χ0n) is 17.7. The maximum absolute atomic E-state index is 13.0. The summed E-state index contributed by atoms with van der Waals surface area (Å²) >= 11 is 0. The molecule has 0 aliphatic rings. The van der Waals surface area contributed by atoms with Crippen LogP contribution in [0.15, 0.2) is 61.1 Å². The zero-order chi connectivity index (χ0) is 21.3. The third-order valence-corrected chi connectivity index (χ3v) is 4.97. The average Bonchev–Trinajstić information content (AvgIpc) is 3.28. The Morgan fingerprint density at radius 2 is 1.90 bits per heavy atom. The summed E-state index contributed by atoms with van der Waals surface area (Å²) in [6, 6.07) is 15.4. The van der Waals surface area contributed by atoms with Crippen LogP contribution in [0.4, 0.5) is 11.6 Å². The quantitative estimate of drug-likeness (QED) is 0.519. The largest absolute Gasteiger partial charge is 0.379 e. The summed E-state index contributed by atoms with van der Waals surface area (Å²) in [6.07, 6.45) is 3.59. The van der Waals surface area contributed by atoms with Gasteiger partial charge in [0.15, 0.2) is 0 Å². The monoisotopic (exact) mass is 402 g/mol. The van der Waals surface area contributed by atoms with Gasteiger partial charge in [0.1, 0.15) is 0 Å². The van der Waals surface area contributed by atoms with Crippen molar-refractivity contribution in [2.24, 2.45) is 7.05 Å². The summed E-state index contributed by atoms with van der Waals surface area (Å²) in [4.78, 5) is 21.8. The molecule has 0 atom stereocenters. The Hall–Kier alpha value is -3.61. The molecule has 0 saturated heterocycles. The molecule has 0 bridgehead atoms. The first-order valence-electron chi connectivity index (χ1n) is 9.91. The van der Waals surface area contributed by atoms with Crippen molar-refractivity contribution in [3.63, 3.8) is 0 Å². The van der Waals surface area contributed by atoms with Crippen LogP contribution in [0.3, 0.4) is 0 Å². The van der Waals surface area contributed by atoms with Crippen LogP contribution in [-0.2, 0) is 19.1 Å². The Morgan fingerprint density at radius 3 is 2.63 bits per heavy atom. The first-order chi connectivity index (χ1) is 14.3. The Morgan fingerprint density at radius 1 is 1.10 bits per heavy atom. The van der Waals surface area contributed by atoms with Crippen LogP contribution < -0.4 is 10.6 Å². The first-order valence-corrected chi connectivity index (χ1v) is 9.91. The predicted octanol–water partition coefficient (Wildman–Crippen LogP) is 4.39. The van der Waals surface area contributed by atoms with Gasteiger partial charge >= 0.3 is 0 Å². The van der Waals surface area contributed by atoms with Gasteiger partial charge in [-0.05, 0) is 51.1 Å².